The van der Waals surface area contributed by atoms with Crippen LogP contribution in [-0.4, -0.2) is 29.9 Å². The highest BCUT2D eigenvalue weighted by atomic mass is 16.6. The molecule has 0 amide bonds. The molecule has 0 bridgehead atoms. The molecule has 6 heteroatoms. The molecule has 1 aromatic heterocycles. The van der Waals surface area contributed by atoms with Crippen LogP contribution < -0.4 is 19.5 Å². The van der Waals surface area contributed by atoms with Gasteiger partial charge >= 0.3 is 0 Å². The van der Waals surface area contributed by atoms with Gasteiger partial charge in [-0.1, -0.05) is 12.1 Å². The quantitative estimate of drug-likeness (QED) is 0.720. The van der Waals surface area contributed by atoms with Gasteiger partial charge in [0.1, 0.15) is 19.0 Å². The molecular weight excluding hydrogens is 342 g/mol. The van der Waals surface area contributed by atoms with Crippen LogP contribution >= 0.6 is 0 Å². The number of nitrogens with zero attached hydrogens (tertiary/aromatic N) is 2. The number of benzene rings is 2. The molecule has 0 saturated heterocycles. The molecule has 0 saturated carbocycles. The van der Waals surface area contributed by atoms with E-state index in [4.69, 9.17) is 19.2 Å². The summed E-state index contributed by atoms with van der Waals surface area (Å²) in [5, 5.41) is 3.57. The first-order valence-corrected chi connectivity index (χ1v) is 9.36. The maximum absolute atomic E-state index is 5.73. The lowest BCUT2D eigenvalue weighted by molar-refractivity contribution is 0.165. The third kappa shape index (κ3) is 3.32. The van der Waals surface area contributed by atoms with Crippen molar-refractivity contribution in [3.8, 4) is 17.2 Å². The fraction of sp³-hybridized carbons (Fsp3) is 0.381. The minimum Gasteiger partial charge on any atom is -0.493 e. The van der Waals surface area contributed by atoms with E-state index < -0.39 is 0 Å². The van der Waals surface area contributed by atoms with E-state index in [1.54, 1.807) is 7.11 Å². The normalized spacial score (nSPS) is 14.3. The van der Waals surface area contributed by atoms with Crippen molar-refractivity contribution < 1.29 is 14.2 Å². The Hall–Kier alpha value is -2.73. The van der Waals surface area contributed by atoms with Crippen molar-refractivity contribution >= 4 is 11.0 Å². The summed E-state index contributed by atoms with van der Waals surface area (Å²) >= 11 is 0. The molecule has 1 N–H and O–H groups in total. The van der Waals surface area contributed by atoms with Crippen LogP contribution in [0.4, 0.5) is 0 Å². The minimum atomic E-state index is 0.108. The number of fused-ring (bicyclic) bond motifs is 2. The third-order valence-electron chi connectivity index (χ3n) is 4.89. The summed E-state index contributed by atoms with van der Waals surface area (Å²) in [6.45, 7) is 6.97. The zero-order chi connectivity index (χ0) is 18.8. The smallest absolute Gasteiger partial charge is 0.203 e. The standard InChI is InChI=1S/C21H25N3O3/c1-4-24-17-8-6-5-7-16(17)23-21(24)14(2)22-13-15-11-18(25-3)20-19(12-15)26-9-10-27-20/h5-8,11-12,14,22H,4,9-10,13H2,1-3H3. The largest absolute Gasteiger partial charge is 0.493 e. The predicted molar refractivity (Wildman–Crippen MR) is 105 cm³/mol. The Balaban J connectivity index is 1.55. The zero-order valence-corrected chi connectivity index (χ0v) is 16.0. The zero-order valence-electron chi connectivity index (χ0n) is 16.0. The maximum Gasteiger partial charge on any atom is 0.203 e. The molecule has 3 aromatic rings. The monoisotopic (exact) mass is 367 g/mol. The number of imidazole rings is 1. The van der Waals surface area contributed by atoms with Crippen LogP contribution in [0.15, 0.2) is 36.4 Å². The Bertz CT molecular complexity index is 934. The van der Waals surface area contributed by atoms with Gasteiger partial charge in [-0.25, -0.2) is 4.98 Å². The van der Waals surface area contributed by atoms with Crippen LogP contribution in [0.1, 0.15) is 31.3 Å². The fourth-order valence-electron chi connectivity index (χ4n) is 3.55. The Labute approximate surface area is 159 Å². The van der Waals surface area contributed by atoms with Gasteiger partial charge in [0.15, 0.2) is 11.5 Å². The molecule has 6 nitrogen and oxygen atoms in total. The Morgan fingerprint density at radius 3 is 2.85 bits per heavy atom. The van der Waals surface area contributed by atoms with E-state index in [1.807, 2.05) is 18.2 Å². The van der Waals surface area contributed by atoms with Crippen molar-refractivity contribution in [2.75, 3.05) is 20.3 Å². The van der Waals surface area contributed by atoms with Gasteiger partial charge in [-0.3, -0.25) is 0 Å². The summed E-state index contributed by atoms with van der Waals surface area (Å²) in [5.74, 6) is 3.18. The van der Waals surface area contributed by atoms with E-state index >= 15 is 0 Å². The molecule has 0 radical (unpaired) electrons. The summed E-state index contributed by atoms with van der Waals surface area (Å²) in [6.07, 6.45) is 0. The average Bonchev–Trinajstić information content (AvgIpc) is 3.10. The van der Waals surface area contributed by atoms with Gasteiger partial charge in [-0.2, -0.15) is 0 Å². The maximum atomic E-state index is 5.73. The van der Waals surface area contributed by atoms with Gasteiger partial charge < -0.3 is 24.1 Å². The average molecular weight is 367 g/mol. The molecule has 4 rings (SSSR count). The molecule has 0 fully saturated rings. The highest BCUT2D eigenvalue weighted by molar-refractivity contribution is 5.76. The predicted octanol–water partition coefficient (Wildman–Crippen LogP) is 3.69. The van der Waals surface area contributed by atoms with Gasteiger partial charge in [-0.15, -0.1) is 0 Å². The lowest BCUT2D eigenvalue weighted by atomic mass is 10.1. The van der Waals surface area contributed by atoms with Crippen molar-refractivity contribution in [3.05, 3.63) is 47.8 Å². The van der Waals surface area contributed by atoms with Gasteiger partial charge in [0.25, 0.3) is 0 Å². The topological polar surface area (TPSA) is 57.5 Å². The summed E-state index contributed by atoms with van der Waals surface area (Å²) < 4.78 is 19.1. The molecule has 2 aromatic carbocycles. The fourth-order valence-corrected chi connectivity index (χ4v) is 3.55. The molecule has 1 aliphatic rings. The number of aryl methyl sites for hydroxylation is 1. The van der Waals surface area contributed by atoms with Crippen molar-refractivity contribution in [2.45, 2.75) is 33.0 Å². The molecule has 142 valence electrons. The van der Waals surface area contributed by atoms with E-state index in [9.17, 15) is 0 Å². The lowest BCUT2D eigenvalue weighted by Crippen LogP contribution is -2.22. The van der Waals surface area contributed by atoms with Crippen LogP contribution in [0.25, 0.3) is 11.0 Å². The first-order chi connectivity index (χ1) is 13.2. The second-order valence-electron chi connectivity index (χ2n) is 6.63. The number of nitrogens with one attached hydrogen (secondary N) is 1. The van der Waals surface area contributed by atoms with Crippen LogP contribution in [-0.2, 0) is 13.1 Å². The number of methoxy groups -OCH3 is 1. The highest BCUT2D eigenvalue weighted by Gasteiger charge is 2.20. The first kappa shape index (κ1) is 17.7. The molecule has 1 aliphatic heterocycles. The number of para-hydroxylation sites is 2. The summed E-state index contributed by atoms with van der Waals surface area (Å²) in [5.41, 5.74) is 3.29. The number of hydrogen-bond acceptors (Lipinski definition) is 5. The number of hydrogen-bond donors (Lipinski definition) is 1. The van der Waals surface area contributed by atoms with Crippen molar-refractivity contribution in [1.82, 2.24) is 14.9 Å². The first-order valence-electron chi connectivity index (χ1n) is 9.36. The molecule has 27 heavy (non-hydrogen) atoms. The summed E-state index contributed by atoms with van der Waals surface area (Å²) in [6, 6.07) is 12.4. The highest BCUT2D eigenvalue weighted by Crippen LogP contribution is 2.40. The molecular formula is C21H25N3O3. The van der Waals surface area contributed by atoms with E-state index in [1.165, 1.54) is 5.52 Å². The third-order valence-corrected chi connectivity index (χ3v) is 4.89. The molecule has 0 aliphatic carbocycles. The Kier molecular flexibility index (Phi) is 4.90. The molecule has 1 atom stereocenters. The van der Waals surface area contributed by atoms with E-state index in [-0.39, 0.29) is 6.04 Å². The van der Waals surface area contributed by atoms with Gasteiger partial charge in [0.2, 0.25) is 5.75 Å². The minimum absolute atomic E-state index is 0.108. The van der Waals surface area contributed by atoms with Gasteiger partial charge in [0, 0.05) is 13.1 Å². The lowest BCUT2D eigenvalue weighted by Gasteiger charge is -2.22. The van der Waals surface area contributed by atoms with Crippen LogP contribution in [0.2, 0.25) is 0 Å². The molecule has 1 unspecified atom stereocenters. The van der Waals surface area contributed by atoms with Gasteiger partial charge in [0.05, 0.1) is 24.2 Å². The second-order valence-corrected chi connectivity index (χ2v) is 6.63. The van der Waals surface area contributed by atoms with Crippen molar-refractivity contribution in [1.29, 1.82) is 0 Å². The Morgan fingerprint density at radius 2 is 2.04 bits per heavy atom. The second kappa shape index (κ2) is 7.48. The molecule has 2 heterocycles. The van der Waals surface area contributed by atoms with Crippen molar-refractivity contribution in [3.63, 3.8) is 0 Å². The van der Waals surface area contributed by atoms with E-state index in [0.29, 0.717) is 31.3 Å². The van der Waals surface area contributed by atoms with Crippen LogP contribution in [0.3, 0.4) is 0 Å². The van der Waals surface area contributed by atoms with Gasteiger partial charge in [-0.05, 0) is 43.7 Å². The van der Waals surface area contributed by atoms with Crippen LogP contribution in [0.5, 0.6) is 17.2 Å². The van der Waals surface area contributed by atoms with E-state index in [0.717, 1.165) is 29.2 Å². The van der Waals surface area contributed by atoms with Crippen molar-refractivity contribution in [2.24, 2.45) is 0 Å². The SMILES string of the molecule is CCn1c(C(C)NCc2cc(OC)c3c(c2)OCCO3)nc2ccccc21. The number of aromatic nitrogens is 2. The number of ether oxygens (including phenoxy) is 3. The Morgan fingerprint density at radius 1 is 1.22 bits per heavy atom. The summed E-state index contributed by atoms with van der Waals surface area (Å²) in [7, 11) is 1.65. The van der Waals surface area contributed by atoms with Crippen LogP contribution in [0, 0.1) is 0 Å². The summed E-state index contributed by atoms with van der Waals surface area (Å²) in [4.78, 5) is 4.83. The van der Waals surface area contributed by atoms with E-state index in [2.05, 4.69) is 41.9 Å². The number of rotatable bonds is 6. The molecule has 0 spiro atoms.